The lowest BCUT2D eigenvalue weighted by Crippen LogP contribution is -2.45. The van der Waals surface area contributed by atoms with Crippen molar-refractivity contribution in [3.05, 3.63) is 60.8 Å². The molecule has 0 fully saturated rings. The van der Waals surface area contributed by atoms with Crippen molar-refractivity contribution in [2.45, 2.75) is 244 Å². The van der Waals surface area contributed by atoms with Crippen LogP contribution in [0.1, 0.15) is 232 Å². The summed E-state index contributed by atoms with van der Waals surface area (Å²) in [5.74, 6) is -0.189. The second-order valence-electron chi connectivity index (χ2n) is 19.2. The molecule has 0 aliphatic heterocycles. The van der Waals surface area contributed by atoms with E-state index < -0.39 is 20.0 Å². The van der Waals surface area contributed by atoms with Crippen molar-refractivity contribution in [2.75, 3.05) is 40.9 Å². The monoisotopic (exact) mass is 920 g/mol. The number of amides is 1. The van der Waals surface area contributed by atoms with Crippen LogP contribution in [0.25, 0.3) is 0 Å². The van der Waals surface area contributed by atoms with Crippen molar-refractivity contribution in [2.24, 2.45) is 0 Å². The van der Waals surface area contributed by atoms with Gasteiger partial charge in [0.1, 0.15) is 13.2 Å². The molecule has 64 heavy (non-hydrogen) atoms. The lowest BCUT2D eigenvalue weighted by atomic mass is 10.0. The van der Waals surface area contributed by atoms with E-state index in [0.29, 0.717) is 17.4 Å². The summed E-state index contributed by atoms with van der Waals surface area (Å²) in [6.45, 7) is 4.76. The predicted molar refractivity (Wildman–Crippen MR) is 277 cm³/mol. The van der Waals surface area contributed by atoms with Crippen LogP contribution >= 0.6 is 7.82 Å². The number of carbonyl (C=O) groups excluding carboxylic acids is 1. The minimum absolute atomic E-state index is 0.0550. The third kappa shape index (κ3) is 48.1. The lowest BCUT2D eigenvalue weighted by molar-refractivity contribution is -0.870. The average molecular weight is 920 g/mol. The molecule has 0 aliphatic rings. The van der Waals surface area contributed by atoms with Gasteiger partial charge in [0, 0.05) is 6.42 Å². The summed E-state index contributed by atoms with van der Waals surface area (Å²) < 4.78 is 23.6. The second kappa shape index (κ2) is 46.3. The minimum atomic E-state index is -4.35. The molecule has 0 spiro atoms. The summed E-state index contributed by atoms with van der Waals surface area (Å²) in [5, 5.41) is 13.8. The highest BCUT2D eigenvalue weighted by Crippen LogP contribution is 2.43. The largest absolute Gasteiger partial charge is 0.472 e. The summed E-state index contributed by atoms with van der Waals surface area (Å²) >= 11 is 0. The van der Waals surface area contributed by atoms with Gasteiger partial charge in [-0.05, 0) is 70.6 Å². The van der Waals surface area contributed by atoms with Gasteiger partial charge in [0.05, 0.1) is 39.9 Å². The third-order valence-electron chi connectivity index (χ3n) is 11.7. The van der Waals surface area contributed by atoms with Gasteiger partial charge in [0.2, 0.25) is 5.91 Å². The quantitative estimate of drug-likeness (QED) is 0.0243. The van der Waals surface area contributed by atoms with E-state index >= 15 is 0 Å². The highest BCUT2D eigenvalue weighted by molar-refractivity contribution is 7.47. The highest BCUT2D eigenvalue weighted by Gasteiger charge is 2.27. The van der Waals surface area contributed by atoms with E-state index in [1.54, 1.807) is 6.08 Å². The maximum absolute atomic E-state index is 12.9. The molecule has 0 saturated heterocycles. The standard InChI is InChI=1S/C55H103N2O6P/c1-6-8-10-12-14-16-18-19-20-21-22-23-24-25-26-27-28-29-30-31-32-33-34-35-36-37-39-41-43-45-47-49-55(59)56-53(52-63-64(60,61)62-51-50-57(3,4)5)54(58)48-46-44-42-40-38-17-15-13-11-9-7-2/h18-19,21-22,24-25,38,40,46,48,53-54,58H,6-17,20,23,26-37,39,41-45,47,49-52H2,1-5H3,(H-,56,59,60,61)/p+1/b19-18-,22-21-,25-24-,40-38+,48-46+. The summed E-state index contributed by atoms with van der Waals surface area (Å²) in [7, 11) is 1.55. The van der Waals surface area contributed by atoms with Crippen molar-refractivity contribution in [1.29, 1.82) is 0 Å². The maximum atomic E-state index is 12.9. The zero-order chi connectivity index (χ0) is 47.1. The van der Waals surface area contributed by atoms with Crippen LogP contribution in [0, 0.1) is 0 Å². The Morgan fingerprint density at radius 3 is 1.36 bits per heavy atom. The Morgan fingerprint density at radius 1 is 0.531 bits per heavy atom. The van der Waals surface area contributed by atoms with E-state index in [1.807, 2.05) is 27.2 Å². The third-order valence-corrected chi connectivity index (χ3v) is 12.7. The van der Waals surface area contributed by atoms with Gasteiger partial charge in [-0.1, -0.05) is 216 Å². The number of likely N-dealkylation sites (N-methyl/N-ethyl adjacent to an activating group) is 1. The van der Waals surface area contributed by atoms with Gasteiger partial charge < -0.3 is 19.8 Å². The predicted octanol–water partition coefficient (Wildman–Crippen LogP) is 15.8. The first-order valence-electron chi connectivity index (χ1n) is 26.7. The van der Waals surface area contributed by atoms with Crippen LogP contribution in [0.3, 0.4) is 0 Å². The zero-order valence-electron chi connectivity index (χ0n) is 42.5. The highest BCUT2D eigenvalue weighted by atomic mass is 31.2. The topological polar surface area (TPSA) is 105 Å². The molecule has 3 atom stereocenters. The maximum Gasteiger partial charge on any atom is 0.472 e. The Bertz CT molecular complexity index is 1230. The van der Waals surface area contributed by atoms with Crippen LogP contribution < -0.4 is 5.32 Å². The first-order valence-corrected chi connectivity index (χ1v) is 28.2. The fourth-order valence-corrected chi connectivity index (χ4v) is 8.21. The Balaban J connectivity index is 4.07. The normalized spacial score (nSPS) is 14.5. The summed E-state index contributed by atoms with van der Waals surface area (Å²) in [6, 6.07) is -0.863. The summed E-state index contributed by atoms with van der Waals surface area (Å²) in [4.78, 5) is 23.2. The van der Waals surface area contributed by atoms with Crippen molar-refractivity contribution < 1.29 is 32.9 Å². The molecule has 0 heterocycles. The van der Waals surface area contributed by atoms with Crippen molar-refractivity contribution in [3.63, 3.8) is 0 Å². The van der Waals surface area contributed by atoms with Crippen molar-refractivity contribution >= 4 is 13.7 Å². The number of hydrogen-bond donors (Lipinski definition) is 3. The molecule has 9 heteroatoms. The number of aliphatic hydroxyl groups excluding tert-OH is 1. The smallest absolute Gasteiger partial charge is 0.387 e. The van der Waals surface area contributed by atoms with Gasteiger partial charge in [-0.15, -0.1) is 0 Å². The molecular weight excluding hydrogens is 816 g/mol. The molecule has 0 saturated carbocycles. The molecule has 1 amide bonds. The summed E-state index contributed by atoms with van der Waals surface area (Å²) in [5.41, 5.74) is 0. The molecule has 374 valence electrons. The molecule has 3 N–H and O–H groups in total. The van der Waals surface area contributed by atoms with Crippen LogP contribution in [-0.4, -0.2) is 73.4 Å². The molecular formula is C55H104N2O6P+. The number of aliphatic hydroxyl groups is 1. The number of nitrogens with zero attached hydrogens (tertiary/aromatic N) is 1. The van der Waals surface area contributed by atoms with Gasteiger partial charge in [-0.25, -0.2) is 4.57 Å². The molecule has 8 nitrogen and oxygen atoms in total. The number of rotatable bonds is 48. The average Bonchev–Trinajstić information content (AvgIpc) is 3.25. The number of unbranched alkanes of at least 4 members (excludes halogenated alkanes) is 27. The zero-order valence-corrected chi connectivity index (χ0v) is 43.4. The molecule has 0 aromatic carbocycles. The Hall–Kier alpha value is -1.80. The first kappa shape index (κ1) is 62.2. The van der Waals surface area contributed by atoms with Gasteiger partial charge >= 0.3 is 7.82 Å². The van der Waals surface area contributed by atoms with Gasteiger partial charge in [-0.3, -0.25) is 13.8 Å². The second-order valence-corrected chi connectivity index (χ2v) is 20.7. The van der Waals surface area contributed by atoms with E-state index in [0.717, 1.165) is 51.4 Å². The van der Waals surface area contributed by atoms with E-state index in [9.17, 15) is 19.4 Å². The number of phosphoric acid groups is 1. The van der Waals surface area contributed by atoms with Crippen LogP contribution in [0.5, 0.6) is 0 Å². The Morgan fingerprint density at radius 2 is 0.906 bits per heavy atom. The fourth-order valence-electron chi connectivity index (χ4n) is 7.48. The minimum Gasteiger partial charge on any atom is -0.387 e. The molecule has 0 rings (SSSR count). The Labute approximate surface area is 396 Å². The van der Waals surface area contributed by atoms with Crippen molar-refractivity contribution in [3.8, 4) is 0 Å². The fraction of sp³-hybridized carbons (Fsp3) is 0.800. The Kier molecular flexibility index (Phi) is 45.0. The SMILES string of the molecule is CCCCCCC/C=C\C/C=C\C/C=C\CCCCCCCCCCCCCCCCCCC(=O)NC(COP(=O)(O)OCC[N+](C)(C)C)C(O)/C=C/CC/C=C/CCCCCCC. The number of nitrogens with one attached hydrogen (secondary N) is 1. The van der Waals surface area contributed by atoms with Crippen LogP contribution in [0.2, 0.25) is 0 Å². The van der Waals surface area contributed by atoms with Gasteiger partial charge in [-0.2, -0.15) is 0 Å². The number of phosphoric ester groups is 1. The van der Waals surface area contributed by atoms with E-state index in [4.69, 9.17) is 9.05 Å². The molecule has 0 aromatic heterocycles. The van der Waals surface area contributed by atoms with Crippen LogP contribution in [-0.2, 0) is 18.4 Å². The van der Waals surface area contributed by atoms with E-state index in [-0.39, 0.29) is 19.1 Å². The van der Waals surface area contributed by atoms with E-state index in [1.165, 1.54) is 161 Å². The van der Waals surface area contributed by atoms with Gasteiger partial charge in [0.15, 0.2) is 0 Å². The van der Waals surface area contributed by atoms with E-state index in [2.05, 4.69) is 67.8 Å². The summed E-state index contributed by atoms with van der Waals surface area (Å²) in [6.07, 6.45) is 61.8. The number of hydrogen-bond acceptors (Lipinski definition) is 5. The number of quaternary nitrogens is 1. The number of allylic oxidation sites excluding steroid dienone is 9. The molecule has 0 aliphatic carbocycles. The lowest BCUT2D eigenvalue weighted by Gasteiger charge is -2.25. The van der Waals surface area contributed by atoms with Crippen LogP contribution in [0.15, 0.2) is 60.8 Å². The van der Waals surface area contributed by atoms with Crippen molar-refractivity contribution in [1.82, 2.24) is 5.32 Å². The number of carbonyl (C=O) groups is 1. The molecule has 0 radical (unpaired) electrons. The van der Waals surface area contributed by atoms with Crippen LogP contribution in [0.4, 0.5) is 0 Å². The van der Waals surface area contributed by atoms with Gasteiger partial charge in [0.25, 0.3) is 0 Å². The molecule has 0 bridgehead atoms. The molecule has 3 unspecified atom stereocenters. The molecule has 0 aromatic rings. The first-order chi connectivity index (χ1) is 31.0.